The highest BCUT2D eigenvalue weighted by Crippen LogP contribution is 2.08. The zero-order chi connectivity index (χ0) is 15.8. The average molecular weight is 319 g/mol. The Bertz CT molecular complexity index is 601. The summed E-state index contributed by atoms with van der Waals surface area (Å²) in [5, 5.41) is 9.74. The summed E-state index contributed by atoms with van der Waals surface area (Å²) in [5.74, 6) is -0.182. The Morgan fingerprint density at radius 3 is 2.95 bits per heavy atom. The number of amides is 1. The number of likely N-dealkylation sites (N-methyl/N-ethyl adjacent to an activating group) is 1. The fraction of sp³-hybridized carbons (Fsp3) is 0.400. The van der Waals surface area contributed by atoms with Crippen molar-refractivity contribution in [2.24, 2.45) is 0 Å². The highest BCUT2D eigenvalue weighted by Gasteiger charge is 2.04. The third-order valence-electron chi connectivity index (χ3n) is 3.27. The first-order chi connectivity index (χ1) is 10.7. The van der Waals surface area contributed by atoms with Crippen molar-refractivity contribution in [3.8, 4) is 0 Å². The smallest absolute Gasteiger partial charge is 0.248 e. The summed E-state index contributed by atoms with van der Waals surface area (Å²) in [5.41, 5.74) is 0.702. The number of carbonyl (C=O) groups excluding carboxylic acids is 1. The van der Waals surface area contributed by atoms with Crippen molar-refractivity contribution in [3.63, 3.8) is 0 Å². The summed E-state index contributed by atoms with van der Waals surface area (Å²) < 4.78 is 1.85. The number of thiazole rings is 1. The minimum atomic E-state index is -0.182. The van der Waals surface area contributed by atoms with Gasteiger partial charge in [-0.3, -0.25) is 9.48 Å². The molecule has 7 heteroatoms. The fourth-order valence-electron chi connectivity index (χ4n) is 1.98. The van der Waals surface area contributed by atoms with Gasteiger partial charge in [0, 0.05) is 30.4 Å². The first kappa shape index (κ1) is 16.4. The third kappa shape index (κ3) is 5.09. The molecule has 2 aromatic rings. The standard InChI is InChI=1S/C15H21N5OS/c1-3-19(4-2)8-9-20-12-13(11-17-20)18-14(21)5-6-15-16-7-10-22-15/h5-7,10-12H,3-4,8-9H2,1-2H3,(H,18,21). The molecule has 118 valence electrons. The lowest BCUT2D eigenvalue weighted by Gasteiger charge is -2.17. The number of hydrogen-bond acceptors (Lipinski definition) is 5. The molecule has 6 nitrogen and oxygen atoms in total. The molecule has 0 fully saturated rings. The van der Waals surface area contributed by atoms with Crippen molar-refractivity contribution >= 4 is 29.0 Å². The van der Waals surface area contributed by atoms with Crippen LogP contribution in [0.5, 0.6) is 0 Å². The second-order valence-electron chi connectivity index (χ2n) is 4.71. The molecule has 0 aliphatic heterocycles. The van der Waals surface area contributed by atoms with Crippen LogP contribution in [-0.4, -0.2) is 45.2 Å². The average Bonchev–Trinajstić information content (AvgIpc) is 3.18. The predicted molar refractivity (Wildman–Crippen MR) is 89.8 cm³/mol. The Morgan fingerprint density at radius 1 is 1.45 bits per heavy atom. The van der Waals surface area contributed by atoms with Crippen LogP contribution in [-0.2, 0) is 11.3 Å². The summed E-state index contributed by atoms with van der Waals surface area (Å²) in [7, 11) is 0. The first-order valence-corrected chi connectivity index (χ1v) is 8.22. The molecule has 0 aromatic carbocycles. The van der Waals surface area contributed by atoms with Gasteiger partial charge >= 0.3 is 0 Å². The van der Waals surface area contributed by atoms with Gasteiger partial charge in [0.25, 0.3) is 0 Å². The highest BCUT2D eigenvalue weighted by molar-refractivity contribution is 7.10. The van der Waals surface area contributed by atoms with E-state index < -0.39 is 0 Å². The molecule has 0 aliphatic carbocycles. The van der Waals surface area contributed by atoms with E-state index in [1.54, 1.807) is 18.5 Å². The molecule has 0 radical (unpaired) electrons. The van der Waals surface area contributed by atoms with Crippen LogP contribution in [0.25, 0.3) is 6.08 Å². The van der Waals surface area contributed by atoms with Gasteiger partial charge in [0.1, 0.15) is 5.01 Å². The monoisotopic (exact) mass is 319 g/mol. The van der Waals surface area contributed by atoms with Crippen LogP contribution >= 0.6 is 11.3 Å². The molecule has 1 N–H and O–H groups in total. The van der Waals surface area contributed by atoms with Crippen LogP contribution in [0.15, 0.2) is 30.0 Å². The topological polar surface area (TPSA) is 63.0 Å². The van der Waals surface area contributed by atoms with Gasteiger partial charge in [-0.05, 0) is 19.2 Å². The Hall–Kier alpha value is -1.99. The van der Waals surface area contributed by atoms with E-state index in [0.717, 1.165) is 31.2 Å². The van der Waals surface area contributed by atoms with Crippen molar-refractivity contribution in [1.29, 1.82) is 0 Å². The molecule has 2 heterocycles. The van der Waals surface area contributed by atoms with Gasteiger partial charge < -0.3 is 10.2 Å². The zero-order valence-electron chi connectivity index (χ0n) is 12.9. The van der Waals surface area contributed by atoms with E-state index in [1.165, 1.54) is 17.4 Å². The van der Waals surface area contributed by atoms with Gasteiger partial charge in [-0.25, -0.2) is 4.98 Å². The number of carbonyl (C=O) groups is 1. The van der Waals surface area contributed by atoms with Gasteiger partial charge in [-0.15, -0.1) is 11.3 Å². The molecule has 0 spiro atoms. The Labute approximate surface area is 134 Å². The Kier molecular flexibility index (Phi) is 6.29. The minimum Gasteiger partial charge on any atom is -0.320 e. The van der Waals surface area contributed by atoms with Crippen LogP contribution in [0.3, 0.4) is 0 Å². The number of aromatic nitrogens is 3. The maximum Gasteiger partial charge on any atom is 0.248 e. The summed E-state index contributed by atoms with van der Waals surface area (Å²) in [4.78, 5) is 18.2. The van der Waals surface area contributed by atoms with E-state index in [4.69, 9.17) is 0 Å². The van der Waals surface area contributed by atoms with Crippen molar-refractivity contribution in [3.05, 3.63) is 35.1 Å². The van der Waals surface area contributed by atoms with Crippen LogP contribution in [0.4, 0.5) is 5.69 Å². The van der Waals surface area contributed by atoms with Gasteiger partial charge in [-0.1, -0.05) is 13.8 Å². The predicted octanol–water partition coefficient (Wildman–Crippen LogP) is 2.33. The van der Waals surface area contributed by atoms with Gasteiger partial charge in [-0.2, -0.15) is 5.10 Å². The van der Waals surface area contributed by atoms with E-state index in [9.17, 15) is 4.79 Å². The SMILES string of the molecule is CCN(CC)CCn1cc(NC(=O)C=Cc2nccs2)cn1. The molecule has 2 rings (SSSR count). The van der Waals surface area contributed by atoms with E-state index in [2.05, 4.69) is 34.1 Å². The third-order valence-corrected chi connectivity index (χ3v) is 4.01. The normalized spacial score (nSPS) is 11.4. The molecule has 22 heavy (non-hydrogen) atoms. The van der Waals surface area contributed by atoms with Gasteiger partial charge in [0.15, 0.2) is 0 Å². The number of nitrogens with zero attached hydrogens (tertiary/aromatic N) is 4. The fourth-order valence-corrected chi connectivity index (χ4v) is 2.51. The van der Waals surface area contributed by atoms with Gasteiger partial charge in [0.2, 0.25) is 5.91 Å². The first-order valence-electron chi connectivity index (χ1n) is 7.34. The molecule has 0 bridgehead atoms. The van der Waals surface area contributed by atoms with Crippen molar-refractivity contribution in [2.75, 3.05) is 25.0 Å². The lowest BCUT2D eigenvalue weighted by atomic mass is 10.4. The molecule has 0 saturated carbocycles. The number of hydrogen-bond donors (Lipinski definition) is 1. The summed E-state index contributed by atoms with van der Waals surface area (Å²) in [6.07, 6.45) is 8.40. The second-order valence-corrected chi connectivity index (χ2v) is 5.64. The molecule has 0 atom stereocenters. The lowest BCUT2D eigenvalue weighted by Crippen LogP contribution is -2.27. The van der Waals surface area contributed by atoms with Crippen LogP contribution in [0.2, 0.25) is 0 Å². The summed E-state index contributed by atoms with van der Waals surface area (Å²) in [6.45, 7) is 8.12. The number of anilines is 1. The molecule has 2 aromatic heterocycles. The summed E-state index contributed by atoms with van der Waals surface area (Å²) in [6, 6.07) is 0. The van der Waals surface area contributed by atoms with Gasteiger partial charge in [0.05, 0.1) is 18.4 Å². The Balaban J connectivity index is 1.82. The lowest BCUT2D eigenvalue weighted by molar-refractivity contribution is -0.111. The maximum absolute atomic E-state index is 11.8. The van der Waals surface area contributed by atoms with E-state index >= 15 is 0 Å². The number of nitrogens with one attached hydrogen (secondary N) is 1. The van der Waals surface area contributed by atoms with E-state index in [-0.39, 0.29) is 5.91 Å². The van der Waals surface area contributed by atoms with Crippen molar-refractivity contribution in [2.45, 2.75) is 20.4 Å². The van der Waals surface area contributed by atoms with Crippen LogP contribution < -0.4 is 5.32 Å². The molecule has 1 amide bonds. The van der Waals surface area contributed by atoms with Crippen LogP contribution in [0.1, 0.15) is 18.9 Å². The van der Waals surface area contributed by atoms with Crippen molar-refractivity contribution in [1.82, 2.24) is 19.7 Å². The molecule has 0 aliphatic rings. The molecular weight excluding hydrogens is 298 g/mol. The maximum atomic E-state index is 11.8. The van der Waals surface area contributed by atoms with E-state index in [0.29, 0.717) is 5.69 Å². The zero-order valence-corrected chi connectivity index (χ0v) is 13.7. The Morgan fingerprint density at radius 2 is 2.27 bits per heavy atom. The van der Waals surface area contributed by atoms with E-state index in [1.807, 2.05) is 16.3 Å². The van der Waals surface area contributed by atoms with Crippen LogP contribution in [0, 0.1) is 0 Å². The molecule has 0 unspecified atom stereocenters. The van der Waals surface area contributed by atoms with Crippen molar-refractivity contribution < 1.29 is 4.79 Å². The largest absolute Gasteiger partial charge is 0.320 e. The highest BCUT2D eigenvalue weighted by atomic mass is 32.1. The quantitative estimate of drug-likeness (QED) is 0.759. The molecular formula is C15H21N5OS. The minimum absolute atomic E-state index is 0.182. The number of rotatable bonds is 8. The second kappa shape index (κ2) is 8.45. The molecule has 0 saturated heterocycles. The summed E-state index contributed by atoms with van der Waals surface area (Å²) >= 11 is 1.49.